The minimum atomic E-state index is -0.317. The van der Waals surface area contributed by atoms with Crippen LogP contribution in [0.5, 0.6) is 0 Å². The van der Waals surface area contributed by atoms with Crippen molar-refractivity contribution in [1.82, 2.24) is 19.8 Å². The number of hydrogen-bond donors (Lipinski definition) is 2. The summed E-state index contributed by atoms with van der Waals surface area (Å²) in [5, 5.41) is 13.4. The maximum Gasteiger partial charge on any atom is 0.364 e. The number of aromatic nitrogens is 4. The second kappa shape index (κ2) is 5.02. The zero-order valence-corrected chi connectivity index (χ0v) is 9.75. The van der Waals surface area contributed by atoms with Gasteiger partial charge in [0.2, 0.25) is 0 Å². The molecule has 0 fully saturated rings. The van der Waals surface area contributed by atoms with Gasteiger partial charge in [0.1, 0.15) is 5.82 Å². The number of hydrogen-bond acceptors (Lipinski definition) is 5. The van der Waals surface area contributed by atoms with Crippen LogP contribution in [-0.4, -0.2) is 38.4 Å². The van der Waals surface area contributed by atoms with Gasteiger partial charge in [0.15, 0.2) is 5.65 Å². The molecule has 2 N–H and O–H groups in total. The van der Waals surface area contributed by atoms with E-state index in [4.69, 9.17) is 0 Å². The van der Waals surface area contributed by atoms with Crippen molar-refractivity contribution >= 4 is 23.2 Å². The number of thioether (sulfide) groups is 1. The molecule has 0 amide bonds. The van der Waals surface area contributed by atoms with Crippen LogP contribution in [0.2, 0.25) is 0 Å². The zero-order chi connectivity index (χ0) is 11.4. The van der Waals surface area contributed by atoms with Crippen LogP contribution in [0.15, 0.2) is 16.9 Å². The monoisotopic (exact) mass is 239 g/mol. The first-order chi connectivity index (χ1) is 7.81. The SMILES string of the molecule is CSCCCNc1ccc2n[nH]c(=O)n2n1. The van der Waals surface area contributed by atoms with E-state index in [9.17, 15) is 4.79 Å². The molecule has 0 spiro atoms. The van der Waals surface area contributed by atoms with E-state index in [0.29, 0.717) is 11.5 Å². The number of nitrogens with one attached hydrogen (secondary N) is 2. The largest absolute Gasteiger partial charge is 0.369 e. The van der Waals surface area contributed by atoms with Gasteiger partial charge in [-0.25, -0.2) is 9.89 Å². The lowest BCUT2D eigenvalue weighted by molar-refractivity contribution is 0.869. The molecule has 7 heteroatoms. The van der Waals surface area contributed by atoms with Crippen LogP contribution in [0.3, 0.4) is 0 Å². The molecule has 0 aliphatic rings. The first-order valence-corrected chi connectivity index (χ1v) is 6.38. The number of nitrogens with zero attached hydrogens (tertiary/aromatic N) is 3. The molecule has 2 aromatic rings. The van der Waals surface area contributed by atoms with E-state index in [1.807, 2.05) is 17.8 Å². The summed E-state index contributed by atoms with van der Waals surface area (Å²) in [5.41, 5.74) is 0.211. The Morgan fingerprint density at radius 3 is 3.25 bits per heavy atom. The number of fused-ring (bicyclic) bond motifs is 1. The molecule has 6 nitrogen and oxygen atoms in total. The van der Waals surface area contributed by atoms with Crippen LogP contribution in [-0.2, 0) is 0 Å². The third kappa shape index (κ3) is 2.35. The van der Waals surface area contributed by atoms with Gasteiger partial charge in [0, 0.05) is 6.54 Å². The van der Waals surface area contributed by atoms with Gasteiger partial charge in [-0.1, -0.05) is 0 Å². The normalized spacial score (nSPS) is 10.8. The fourth-order valence-corrected chi connectivity index (χ4v) is 1.76. The van der Waals surface area contributed by atoms with Gasteiger partial charge >= 0.3 is 5.69 Å². The Kier molecular flexibility index (Phi) is 3.45. The summed E-state index contributed by atoms with van der Waals surface area (Å²) in [6.45, 7) is 0.853. The molecule has 0 atom stereocenters. The molecule has 16 heavy (non-hydrogen) atoms. The fourth-order valence-electron chi connectivity index (χ4n) is 1.33. The predicted molar refractivity (Wildman–Crippen MR) is 65.1 cm³/mol. The van der Waals surface area contributed by atoms with Crippen molar-refractivity contribution in [2.24, 2.45) is 0 Å². The summed E-state index contributed by atoms with van der Waals surface area (Å²) >= 11 is 1.81. The van der Waals surface area contributed by atoms with Crippen molar-refractivity contribution in [2.45, 2.75) is 6.42 Å². The van der Waals surface area contributed by atoms with Crippen molar-refractivity contribution < 1.29 is 0 Å². The third-order valence-electron chi connectivity index (χ3n) is 2.10. The smallest absolute Gasteiger partial charge is 0.364 e. The van der Waals surface area contributed by atoms with Crippen LogP contribution < -0.4 is 11.0 Å². The van der Waals surface area contributed by atoms with Gasteiger partial charge in [-0.3, -0.25) is 0 Å². The average Bonchev–Trinajstić information content (AvgIpc) is 2.67. The number of H-pyrrole nitrogens is 1. The zero-order valence-electron chi connectivity index (χ0n) is 8.93. The molecule has 0 bridgehead atoms. The Labute approximate surface area is 96.4 Å². The van der Waals surface area contributed by atoms with Gasteiger partial charge in [0.25, 0.3) is 0 Å². The second-order valence-corrected chi connectivity index (χ2v) is 4.28. The van der Waals surface area contributed by atoms with Crippen molar-refractivity contribution in [3.05, 3.63) is 22.6 Å². The molecule has 2 aromatic heterocycles. The first kappa shape index (κ1) is 11.0. The Morgan fingerprint density at radius 2 is 2.44 bits per heavy atom. The van der Waals surface area contributed by atoms with Crippen molar-refractivity contribution in [3.8, 4) is 0 Å². The Bertz CT molecular complexity index is 520. The van der Waals surface area contributed by atoms with Crippen molar-refractivity contribution in [3.63, 3.8) is 0 Å². The van der Waals surface area contributed by atoms with E-state index >= 15 is 0 Å². The van der Waals surface area contributed by atoms with Crippen molar-refractivity contribution in [2.75, 3.05) is 23.9 Å². The highest BCUT2D eigenvalue weighted by Crippen LogP contribution is 2.03. The number of anilines is 1. The first-order valence-electron chi connectivity index (χ1n) is 4.98. The fraction of sp³-hybridized carbons (Fsp3) is 0.444. The molecule has 0 aliphatic heterocycles. The summed E-state index contributed by atoms with van der Waals surface area (Å²) < 4.78 is 1.25. The van der Waals surface area contributed by atoms with Crippen LogP contribution in [0, 0.1) is 0 Å². The molecule has 0 unspecified atom stereocenters. The number of rotatable bonds is 5. The summed E-state index contributed by atoms with van der Waals surface area (Å²) in [7, 11) is 0. The molecule has 0 radical (unpaired) electrons. The van der Waals surface area contributed by atoms with Gasteiger partial charge < -0.3 is 5.32 Å². The highest BCUT2D eigenvalue weighted by molar-refractivity contribution is 7.98. The Morgan fingerprint density at radius 1 is 1.56 bits per heavy atom. The Balaban J connectivity index is 2.07. The van der Waals surface area contributed by atoms with Gasteiger partial charge in [0.05, 0.1) is 0 Å². The molecular weight excluding hydrogens is 226 g/mol. The maximum atomic E-state index is 11.3. The van der Waals surface area contributed by atoms with Gasteiger partial charge in [-0.15, -0.1) is 5.10 Å². The highest BCUT2D eigenvalue weighted by Gasteiger charge is 2.01. The third-order valence-corrected chi connectivity index (χ3v) is 2.80. The molecule has 0 saturated carbocycles. The lowest BCUT2D eigenvalue weighted by Gasteiger charge is -2.03. The maximum absolute atomic E-state index is 11.3. The van der Waals surface area contributed by atoms with Crippen LogP contribution in [0.25, 0.3) is 5.65 Å². The summed E-state index contributed by atoms with van der Waals surface area (Å²) in [5.74, 6) is 1.80. The van der Waals surface area contributed by atoms with Crippen LogP contribution >= 0.6 is 11.8 Å². The van der Waals surface area contributed by atoms with E-state index < -0.39 is 0 Å². The average molecular weight is 239 g/mol. The number of aromatic amines is 1. The topological polar surface area (TPSA) is 75.1 Å². The summed E-state index contributed by atoms with van der Waals surface area (Å²) in [6, 6.07) is 3.57. The van der Waals surface area contributed by atoms with E-state index in [1.54, 1.807) is 6.07 Å². The van der Waals surface area contributed by atoms with Gasteiger partial charge in [-0.2, -0.15) is 21.4 Å². The molecule has 2 rings (SSSR count). The quantitative estimate of drug-likeness (QED) is 0.747. The lowest BCUT2D eigenvalue weighted by atomic mass is 10.4. The predicted octanol–water partition coefficient (Wildman–Crippen LogP) is 0.583. The van der Waals surface area contributed by atoms with E-state index in [2.05, 4.69) is 26.9 Å². The minimum absolute atomic E-state index is 0.317. The lowest BCUT2D eigenvalue weighted by Crippen LogP contribution is -2.14. The molecule has 0 aliphatic carbocycles. The second-order valence-electron chi connectivity index (χ2n) is 3.29. The molecular formula is C9H13N5OS. The summed E-state index contributed by atoms with van der Waals surface area (Å²) in [4.78, 5) is 11.3. The van der Waals surface area contributed by atoms with Crippen LogP contribution in [0.1, 0.15) is 6.42 Å². The van der Waals surface area contributed by atoms with E-state index in [-0.39, 0.29) is 5.69 Å². The molecule has 2 heterocycles. The molecule has 0 aromatic carbocycles. The minimum Gasteiger partial charge on any atom is -0.369 e. The van der Waals surface area contributed by atoms with Gasteiger partial charge in [-0.05, 0) is 30.6 Å². The van der Waals surface area contributed by atoms with Crippen molar-refractivity contribution in [1.29, 1.82) is 0 Å². The van der Waals surface area contributed by atoms with Crippen LogP contribution in [0.4, 0.5) is 5.82 Å². The standard InChI is InChI=1S/C9H13N5OS/c1-16-6-2-5-10-7-3-4-8-11-12-9(15)14(8)13-7/h3-4H,2,5-6H2,1H3,(H,10,13)(H,12,15). The molecule has 0 saturated heterocycles. The summed E-state index contributed by atoms with van der Waals surface area (Å²) in [6.07, 6.45) is 3.15. The highest BCUT2D eigenvalue weighted by atomic mass is 32.2. The van der Waals surface area contributed by atoms with E-state index in [0.717, 1.165) is 18.7 Å². The van der Waals surface area contributed by atoms with E-state index in [1.165, 1.54) is 4.52 Å². The Hall–Kier alpha value is -1.50. The molecule has 86 valence electrons.